The van der Waals surface area contributed by atoms with E-state index < -0.39 is 12.0 Å². The molecule has 1 saturated heterocycles. The van der Waals surface area contributed by atoms with Crippen molar-refractivity contribution in [2.24, 2.45) is 0 Å². The van der Waals surface area contributed by atoms with Crippen molar-refractivity contribution >= 4 is 35.4 Å². The number of amides is 1. The molecular weight excluding hydrogens is 294 g/mol. The molecule has 1 aromatic carbocycles. The number of carbonyl (C=O) groups is 2. The lowest BCUT2D eigenvalue weighted by Gasteiger charge is -2.12. The molecule has 1 atom stereocenters. The standard InChI is InChI=1S/C14H17NO3S2/c1-9(13(17)18-2)15-12(16)10-3-5-11(6-4-10)14-19-7-8-20-14/h3-6,9,14H,7-8H2,1-2H3,(H,15,16)/t9-/m0/s1. The molecule has 1 aromatic rings. The topological polar surface area (TPSA) is 55.4 Å². The number of rotatable bonds is 4. The van der Waals surface area contributed by atoms with Crippen molar-refractivity contribution in [1.29, 1.82) is 0 Å². The lowest BCUT2D eigenvalue weighted by molar-refractivity contribution is -0.142. The van der Waals surface area contributed by atoms with Gasteiger partial charge in [0.1, 0.15) is 6.04 Å². The second-order valence-electron chi connectivity index (χ2n) is 4.41. The number of benzene rings is 1. The summed E-state index contributed by atoms with van der Waals surface area (Å²) in [6.45, 7) is 1.60. The van der Waals surface area contributed by atoms with E-state index in [-0.39, 0.29) is 5.91 Å². The fraction of sp³-hybridized carbons (Fsp3) is 0.429. The van der Waals surface area contributed by atoms with Gasteiger partial charge in [-0.3, -0.25) is 4.79 Å². The van der Waals surface area contributed by atoms with Crippen molar-refractivity contribution in [2.75, 3.05) is 18.6 Å². The summed E-state index contributed by atoms with van der Waals surface area (Å²) in [6.07, 6.45) is 0. The van der Waals surface area contributed by atoms with Gasteiger partial charge in [-0.1, -0.05) is 12.1 Å². The van der Waals surface area contributed by atoms with Gasteiger partial charge in [0.25, 0.3) is 5.91 Å². The van der Waals surface area contributed by atoms with Crippen LogP contribution in [0.15, 0.2) is 24.3 Å². The Balaban J connectivity index is 1.98. The Morgan fingerprint density at radius 3 is 2.40 bits per heavy atom. The van der Waals surface area contributed by atoms with Crippen LogP contribution in [0.2, 0.25) is 0 Å². The number of ether oxygens (including phenoxy) is 1. The molecule has 1 amide bonds. The molecule has 1 heterocycles. The molecule has 1 aliphatic heterocycles. The third kappa shape index (κ3) is 3.70. The largest absolute Gasteiger partial charge is 0.467 e. The third-order valence-electron chi connectivity index (χ3n) is 2.97. The highest BCUT2D eigenvalue weighted by molar-refractivity contribution is 8.19. The Morgan fingerprint density at radius 2 is 1.85 bits per heavy atom. The minimum absolute atomic E-state index is 0.263. The summed E-state index contributed by atoms with van der Waals surface area (Å²) in [5.74, 6) is 1.64. The predicted molar refractivity (Wildman–Crippen MR) is 83.0 cm³/mol. The lowest BCUT2D eigenvalue weighted by Crippen LogP contribution is -2.39. The lowest BCUT2D eigenvalue weighted by atomic mass is 10.1. The van der Waals surface area contributed by atoms with Gasteiger partial charge in [0.05, 0.1) is 11.7 Å². The summed E-state index contributed by atoms with van der Waals surface area (Å²) in [5, 5.41) is 2.61. The second kappa shape index (κ2) is 7.04. The number of nitrogens with one attached hydrogen (secondary N) is 1. The molecule has 4 nitrogen and oxygen atoms in total. The maximum atomic E-state index is 12.0. The van der Waals surface area contributed by atoms with Crippen molar-refractivity contribution < 1.29 is 14.3 Å². The first-order valence-electron chi connectivity index (χ1n) is 6.33. The molecule has 1 aliphatic rings. The molecule has 2 rings (SSSR count). The second-order valence-corrected chi connectivity index (χ2v) is 7.14. The van der Waals surface area contributed by atoms with Crippen molar-refractivity contribution in [3.63, 3.8) is 0 Å². The van der Waals surface area contributed by atoms with Crippen molar-refractivity contribution in [2.45, 2.75) is 17.5 Å². The van der Waals surface area contributed by atoms with E-state index in [4.69, 9.17) is 0 Å². The van der Waals surface area contributed by atoms with Crippen LogP contribution in [0.3, 0.4) is 0 Å². The number of thioether (sulfide) groups is 2. The van der Waals surface area contributed by atoms with Crippen molar-refractivity contribution in [3.05, 3.63) is 35.4 Å². The van der Waals surface area contributed by atoms with Crippen LogP contribution in [-0.2, 0) is 9.53 Å². The number of hydrogen-bond acceptors (Lipinski definition) is 5. The minimum atomic E-state index is -0.645. The van der Waals surface area contributed by atoms with Gasteiger partial charge in [-0.15, -0.1) is 23.5 Å². The van der Waals surface area contributed by atoms with Crippen LogP contribution in [0.1, 0.15) is 27.4 Å². The molecule has 0 unspecified atom stereocenters. The average molecular weight is 311 g/mol. The molecule has 1 fully saturated rings. The highest BCUT2D eigenvalue weighted by Crippen LogP contribution is 2.45. The van der Waals surface area contributed by atoms with Crippen LogP contribution in [0.25, 0.3) is 0 Å². The fourth-order valence-electron chi connectivity index (χ4n) is 1.86. The molecule has 0 aliphatic carbocycles. The van der Waals surface area contributed by atoms with E-state index in [0.717, 1.165) is 0 Å². The SMILES string of the molecule is COC(=O)[C@H](C)NC(=O)c1ccc(C2SCCS2)cc1. The minimum Gasteiger partial charge on any atom is -0.467 e. The van der Waals surface area contributed by atoms with Gasteiger partial charge in [0.2, 0.25) is 0 Å². The van der Waals surface area contributed by atoms with E-state index in [1.165, 1.54) is 24.2 Å². The number of esters is 1. The van der Waals surface area contributed by atoms with Crippen molar-refractivity contribution in [1.82, 2.24) is 5.32 Å². The molecule has 0 aromatic heterocycles. The first kappa shape index (κ1) is 15.3. The van der Waals surface area contributed by atoms with Crippen LogP contribution in [0.5, 0.6) is 0 Å². The van der Waals surface area contributed by atoms with Crippen LogP contribution >= 0.6 is 23.5 Å². The zero-order chi connectivity index (χ0) is 14.5. The average Bonchev–Trinajstić information content (AvgIpc) is 3.00. The monoisotopic (exact) mass is 311 g/mol. The maximum absolute atomic E-state index is 12.0. The molecule has 0 bridgehead atoms. The normalized spacial score (nSPS) is 16.7. The third-order valence-corrected chi connectivity index (χ3v) is 6.07. The Bertz CT molecular complexity index is 484. The maximum Gasteiger partial charge on any atom is 0.328 e. The summed E-state index contributed by atoms with van der Waals surface area (Å²) in [7, 11) is 1.30. The van der Waals surface area contributed by atoms with E-state index >= 15 is 0 Å². The quantitative estimate of drug-likeness (QED) is 0.866. The Hall–Kier alpha value is -1.14. The summed E-state index contributed by atoms with van der Waals surface area (Å²) in [4.78, 5) is 23.2. The van der Waals surface area contributed by atoms with Crippen molar-refractivity contribution in [3.8, 4) is 0 Å². The summed E-state index contributed by atoms with van der Waals surface area (Å²) in [6, 6.07) is 6.91. The van der Waals surface area contributed by atoms with Gasteiger partial charge in [-0.2, -0.15) is 0 Å². The molecule has 6 heteroatoms. The number of methoxy groups -OCH3 is 1. The summed E-state index contributed by atoms with van der Waals surface area (Å²) >= 11 is 3.86. The highest BCUT2D eigenvalue weighted by Gasteiger charge is 2.20. The first-order chi connectivity index (χ1) is 9.61. The zero-order valence-electron chi connectivity index (χ0n) is 11.4. The van der Waals surface area contributed by atoms with E-state index in [0.29, 0.717) is 10.1 Å². The number of carbonyl (C=O) groups excluding carboxylic acids is 2. The summed E-state index contributed by atoms with van der Waals surface area (Å²) in [5.41, 5.74) is 1.78. The van der Waals surface area contributed by atoms with Gasteiger partial charge in [0, 0.05) is 17.1 Å². The molecule has 20 heavy (non-hydrogen) atoms. The van der Waals surface area contributed by atoms with E-state index in [9.17, 15) is 9.59 Å². The Kier molecular flexibility index (Phi) is 5.37. The van der Waals surface area contributed by atoms with Gasteiger partial charge >= 0.3 is 5.97 Å². The van der Waals surface area contributed by atoms with Gasteiger partial charge < -0.3 is 10.1 Å². The molecule has 1 N–H and O–H groups in total. The zero-order valence-corrected chi connectivity index (χ0v) is 13.1. The van der Waals surface area contributed by atoms with Crippen LogP contribution in [0, 0.1) is 0 Å². The molecule has 0 saturated carbocycles. The number of hydrogen-bond donors (Lipinski definition) is 1. The Morgan fingerprint density at radius 1 is 1.25 bits per heavy atom. The van der Waals surface area contributed by atoms with E-state index in [2.05, 4.69) is 10.1 Å². The van der Waals surface area contributed by atoms with Gasteiger partial charge in [0.15, 0.2) is 0 Å². The smallest absolute Gasteiger partial charge is 0.328 e. The van der Waals surface area contributed by atoms with E-state index in [1.54, 1.807) is 19.1 Å². The summed E-state index contributed by atoms with van der Waals surface area (Å²) < 4.78 is 5.05. The highest BCUT2D eigenvalue weighted by atomic mass is 32.2. The molecule has 0 radical (unpaired) electrons. The van der Waals surface area contributed by atoms with E-state index in [1.807, 2.05) is 35.7 Å². The van der Waals surface area contributed by atoms with Crippen LogP contribution in [-0.4, -0.2) is 36.5 Å². The van der Waals surface area contributed by atoms with Crippen LogP contribution in [0.4, 0.5) is 0 Å². The molecule has 108 valence electrons. The Labute approximate surface area is 127 Å². The van der Waals surface area contributed by atoms with Crippen LogP contribution < -0.4 is 5.32 Å². The molecular formula is C14H17NO3S2. The predicted octanol–water partition coefficient (Wildman–Crippen LogP) is 2.46. The van der Waals surface area contributed by atoms with Gasteiger partial charge in [-0.05, 0) is 24.6 Å². The molecule has 0 spiro atoms. The first-order valence-corrected chi connectivity index (χ1v) is 8.43. The van der Waals surface area contributed by atoms with Gasteiger partial charge in [-0.25, -0.2) is 4.79 Å². The fourth-order valence-corrected chi connectivity index (χ4v) is 4.72.